The van der Waals surface area contributed by atoms with Crippen molar-refractivity contribution >= 4 is 63.4 Å². The Bertz CT molecular complexity index is 1020. The lowest BCUT2D eigenvalue weighted by Gasteiger charge is -2.04. The van der Waals surface area contributed by atoms with Gasteiger partial charge in [-0.25, -0.2) is 0 Å². The molecule has 0 radical (unpaired) electrons. The summed E-state index contributed by atoms with van der Waals surface area (Å²) in [5, 5.41) is 8.03. The zero-order chi connectivity index (χ0) is 22.4. The number of hydrogen-bond donors (Lipinski definition) is 5. The van der Waals surface area contributed by atoms with Crippen molar-refractivity contribution in [3.8, 4) is 0 Å². The molecule has 0 spiro atoms. The van der Waals surface area contributed by atoms with E-state index in [1.165, 1.54) is 6.07 Å². The van der Waals surface area contributed by atoms with E-state index in [2.05, 4.69) is 43.5 Å². The van der Waals surface area contributed by atoms with Crippen LogP contribution in [0, 0.1) is 0 Å². The number of amides is 3. The average Bonchev–Trinajstić information content (AvgIpc) is 3.20. The number of anilines is 2. The summed E-state index contributed by atoms with van der Waals surface area (Å²) in [5.74, 6) is -1.19. The van der Waals surface area contributed by atoms with Crippen LogP contribution in [0.1, 0.15) is 21.0 Å². The number of carbonyl (C=O) groups excluding carboxylic acids is 3. The van der Waals surface area contributed by atoms with Gasteiger partial charge in [-0.15, -0.1) is 12.4 Å². The highest BCUT2D eigenvalue weighted by Gasteiger charge is 2.17. The highest BCUT2D eigenvalue weighted by Crippen LogP contribution is 2.18. The second-order valence-corrected chi connectivity index (χ2v) is 7.28. The molecule has 0 unspecified atom stereocenters. The predicted octanol–water partition coefficient (Wildman–Crippen LogP) is 0.888. The minimum Gasteiger partial charge on any atom is -0.370 e. The molecule has 0 fully saturated rings. The Morgan fingerprint density at radius 1 is 1.03 bits per heavy atom. The number of aryl methyl sites for hydroxylation is 2. The number of nitrogens with two attached hydrogens (primary N) is 2. The zero-order valence-corrected chi connectivity index (χ0v) is 19.3. The molecule has 31 heavy (non-hydrogen) atoms. The Labute approximate surface area is 193 Å². The second-order valence-electron chi connectivity index (χ2n) is 6.33. The molecule has 11 nitrogen and oxygen atoms in total. The first-order chi connectivity index (χ1) is 14.1. The Morgan fingerprint density at radius 3 is 2.06 bits per heavy atom. The maximum absolute atomic E-state index is 12.6. The largest absolute Gasteiger partial charge is 0.370 e. The van der Waals surface area contributed by atoms with E-state index in [1.807, 2.05) is 0 Å². The van der Waals surface area contributed by atoms with Crippen molar-refractivity contribution in [3.05, 3.63) is 47.0 Å². The van der Waals surface area contributed by atoms with E-state index in [1.54, 1.807) is 41.7 Å². The fourth-order valence-corrected chi connectivity index (χ4v) is 2.66. The maximum Gasteiger partial charge on any atom is 0.272 e. The molecule has 0 aliphatic rings. The molecule has 0 atom stereocenters. The van der Waals surface area contributed by atoms with Crippen molar-refractivity contribution in [1.82, 2.24) is 14.5 Å². The van der Waals surface area contributed by atoms with Gasteiger partial charge in [-0.3, -0.25) is 19.4 Å². The molecule has 0 bridgehead atoms. The van der Waals surface area contributed by atoms with E-state index in [0.29, 0.717) is 22.8 Å². The van der Waals surface area contributed by atoms with Crippen molar-refractivity contribution in [2.24, 2.45) is 30.6 Å². The summed E-state index contributed by atoms with van der Waals surface area (Å²) in [5.41, 5.74) is 12.0. The Kier molecular flexibility index (Phi) is 9.34. The predicted molar refractivity (Wildman–Crippen MR) is 126 cm³/mol. The Balaban J connectivity index is 0.00000480. The fourth-order valence-electron chi connectivity index (χ4n) is 2.56. The summed E-state index contributed by atoms with van der Waals surface area (Å²) in [6.07, 6.45) is 3.21. The number of guanidine groups is 1. The minimum atomic E-state index is -0.411. The van der Waals surface area contributed by atoms with Crippen molar-refractivity contribution in [2.45, 2.75) is 0 Å². The third kappa shape index (κ3) is 7.19. The van der Waals surface area contributed by atoms with Crippen LogP contribution in [0.4, 0.5) is 11.4 Å². The van der Waals surface area contributed by atoms with Crippen LogP contribution in [0.25, 0.3) is 0 Å². The standard InChI is InChI=1S/C18H23BrN8O3.ClH/c1-10(19)15(28)24-11-7-14(27(3)8-11)17(30)25-12-6-13(26(2)9-12)16(29)22-4-5-23-18(20)21;/h6-9H,1,4-5H2,2-3H3,(H,22,29)(H,24,28)(H,25,30)(H4,20,21,23);1H. The van der Waals surface area contributed by atoms with E-state index >= 15 is 0 Å². The lowest BCUT2D eigenvalue weighted by molar-refractivity contribution is -0.112. The van der Waals surface area contributed by atoms with E-state index in [-0.39, 0.29) is 41.8 Å². The highest BCUT2D eigenvalue weighted by atomic mass is 79.9. The quantitative estimate of drug-likeness (QED) is 0.152. The van der Waals surface area contributed by atoms with Crippen LogP contribution in [0.15, 0.2) is 40.6 Å². The topological polar surface area (TPSA) is 162 Å². The van der Waals surface area contributed by atoms with Crippen LogP contribution in [0.2, 0.25) is 0 Å². The van der Waals surface area contributed by atoms with Gasteiger partial charge in [0.1, 0.15) is 11.4 Å². The first-order valence-corrected chi connectivity index (χ1v) is 9.51. The normalized spacial score (nSPS) is 9.90. The number of aliphatic imine (C=N–C) groups is 1. The molecule has 0 aromatic carbocycles. The van der Waals surface area contributed by atoms with E-state index < -0.39 is 11.8 Å². The summed E-state index contributed by atoms with van der Waals surface area (Å²) >= 11 is 3.00. The number of halogens is 2. The van der Waals surface area contributed by atoms with E-state index in [9.17, 15) is 14.4 Å². The summed E-state index contributed by atoms with van der Waals surface area (Å²) < 4.78 is 3.33. The van der Waals surface area contributed by atoms with Gasteiger partial charge < -0.3 is 36.6 Å². The van der Waals surface area contributed by atoms with Gasteiger partial charge in [0.2, 0.25) is 0 Å². The molecule has 3 amide bonds. The minimum absolute atomic E-state index is 0. The highest BCUT2D eigenvalue weighted by molar-refractivity contribution is 9.12. The molecule has 2 aromatic rings. The van der Waals surface area contributed by atoms with Gasteiger partial charge in [0.25, 0.3) is 17.7 Å². The smallest absolute Gasteiger partial charge is 0.272 e. The van der Waals surface area contributed by atoms with Crippen LogP contribution in [0.3, 0.4) is 0 Å². The number of hydrogen-bond acceptors (Lipinski definition) is 4. The Hall–Kier alpha value is -3.25. The average molecular weight is 516 g/mol. The van der Waals surface area contributed by atoms with Gasteiger partial charge >= 0.3 is 0 Å². The van der Waals surface area contributed by atoms with Crippen molar-refractivity contribution in [2.75, 3.05) is 23.7 Å². The molecule has 2 heterocycles. The molecule has 168 valence electrons. The zero-order valence-electron chi connectivity index (χ0n) is 16.9. The molecule has 0 aliphatic carbocycles. The molecule has 2 aromatic heterocycles. The first kappa shape index (κ1) is 25.8. The number of aromatic nitrogens is 2. The summed E-state index contributed by atoms with van der Waals surface area (Å²) in [6, 6.07) is 3.08. The monoisotopic (exact) mass is 514 g/mol. The van der Waals surface area contributed by atoms with Crippen molar-refractivity contribution < 1.29 is 14.4 Å². The number of rotatable bonds is 8. The third-order valence-corrected chi connectivity index (χ3v) is 4.29. The molecule has 0 saturated heterocycles. The van der Waals surface area contributed by atoms with Gasteiger partial charge in [-0.1, -0.05) is 6.58 Å². The van der Waals surface area contributed by atoms with Crippen LogP contribution >= 0.6 is 28.3 Å². The summed E-state index contributed by atoms with van der Waals surface area (Å²) in [7, 11) is 3.36. The third-order valence-electron chi connectivity index (χ3n) is 3.93. The van der Waals surface area contributed by atoms with Crippen LogP contribution in [-0.2, 0) is 18.9 Å². The molecule has 0 saturated carbocycles. The van der Waals surface area contributed by atoms with E-state index in [0.717, 1.165) is 0 Å². The number of nitrogens with zero attached hydrogens (tertiary/aromatic N) is 3. The molecular formula is C18H24BrClN8O3. The molecule has 0 aliphatic heterocycles. The van der Waals surface area contributed by atoms with Gasteiger partial charge in [-0.05, 0) is 28.1 Å². The fraction of sp³-hybridized carbons (Fsp3) is 0.222. The van der Waals surface area contributed by atoms with Crippen LogP contribution in [0.5, 0.6) is 0 Å². The van der Waals surface area contributed by atoms with Gasteiger partial charge in [0.15, 0.2) is 5.96 Å². The first-order valence-electron chi connectivity index (χ1n) is 8.72. The van der Waals surface area contributed by atoms with Crippen molar-refractivity contribution in [3.63, 3.8) is 0 Å². The van der Waals surface area contributed by atoms with Crippen molar-refractivity contribution in [1.29, 1.82) is 0 Å². The molecule has 13 heteroatoms. The molecule has 7 N–H and O–H groups in total. The van der Waals surface area contributed by atoms with Gasteiger partial charge in [0.05, 0.1) is 22.4 Å². The lowest BCUT2D eigenvalue weighted by atomic mass is 10.3. The van der Waals surface area contributed by atoms with Gasteiger partial charge in [0, 0.05) is 33.0 Å². The van der Waals surface area contributed by atoms with Crippen LogP contribution < -0.4 is 27.4 Å². The molecule has 2 rings (SSSR count). The second kappa shape index (κ2) is 11.2. The van der Waals surface area contributed by atoms with Gasteiger partial charge in [-0.2, -0.15) is 0 Å². The summed E-state index contributed by atoms with van der Waals surface area (Å²) in [6.45, 7) is 4.02. The van der Waals surface area contributed by atoms with Crippen LogP contribution in [-0.4, -0.2) is 45.9 Å². The number of nitrogens with one attached hydrogen (secondary N) is 3. The maximum atomic E-state index is 12.6. The summed E-state index contributed by atoms with van der Waals surface area (Å²) in [4.78, 5) is 40.4. The number of carbonyl (C=O) groups is 3. The lowest BCUT2D eigenvalue weighted by Crippen LogP contribution is -2.29. The molecular weight excluding hydrogens is 492 g/mol. The van der Waals surface area contributed by atoms with E-state index in [4.69, 9.17) is 11.5 Å². The SMILES string of the molecule is C=C(Br)C(=O)Nc1cc(C(=O)Nc2cc(C(=O)NCCN=C(N)N)n(C)c2)n(C)c1.Cl. The Morgan fingerprint density at radius 2 is 1.55 bits per heavy atom.